The molecular weight excluding hydrogens is 237 g/mol. The molecule has 2 rings (SSSR count). The van der Waals surface area contributed by atoms with Gasteiger partial charge >= 0.3 is 7.12 Å². The van der Waals surface area contributed by atoms with E-state index in [1.807, 2.05) is 27.7 Å². The van der Waals surface area contributed by atoms with Crippen molar-refractivity contribution >= 4 is 12.6 Å². The second-order valence-electron chi connectivity index (χ2n) is 5.52. The Morgan fingerprint density at radius 1 is 1.06 bits per heavy atom. The summed E-state index contributed by atoms with van der Waals surface area (Å²) in [6, 6.07) is 2.51. The fourth-order valence-corrected chi connectivity index (χ4v) is 1.77. The Hall–Kier alpha value is -0.935. The van der Waals surface area contributed by atoms with E-state index in [-0.39, 0.29) is 11.0 Å². The fraction of sp³-hybridized carbons (Fsp3) is 0.462. The molecule has 0 N–H and O–H groups in total. The Labute approximate surface area is 106 Å². The van der Waals surface area contributed by atoms with E-state index < -0.39 is 30.0 Å². The van der Waals surface area contributed by atoms with Gasteiger partial charge in [-0.3, -0.25) is 0 Å². The quantitative estimate of drug-likeness (QED) is 0.715. The molecule has 0 aliphatic carbocycles. The van der Waals surface area contributed by atoms with Crippen LogP contribution < -0.4 is 5.46 Å². The first-order valence-electron chi connectivity index (χ1n) is 5.81. The third-order valence-electron chi connectivity index (χ3n) is 3.72. The van der Waals surface area contributed by atoms with Gasteiger partial charge in [-0.2, -0.15) is 0 Å². The predicted octanol–water partition coefficient (Wildman–Crippen LogP) is 2.45. The summed E-state index contributed by atoms with van der Waals surface area (Å²) >= 11 is 0. The molecule has 97 valence electrons. The van der Waals surface area contributed by atoms with Gasteiger partial charge in [0.05, 0.1) is 11.2 Å². The van der Waals surface area contributed by atoms with Crippen molar-refractivity contribution in [2.24, 2.45) is 0 Å². The second-order valence-corrected chi connectivity index (χ2v) is 5.52. The molecule has 1 aliphatic rings. The zero-order valence-electron chi connectivity index (χ0n) is 11.0. The van der Waals surface area contributed by atoms with Crippen molar-refractivity contribution < 1.29 is 18.1 Å². The van der Waals surface area contributed by atoms with Crippen molar-refractivity contribution in [3.8, 4) is 0 Å². The van der Waals surface area contributed by atoms with Gasteiger partial charge in [-0.05, 0) is 40.7 Å². The standard InChI is InChI=1S/C13H16BF2O2/c1-8-10(15)7-6-9(11(8)16)14-17-12(2,3)13(4,5)18-14/h6-7H,1H2,2-5H3. The number of hydrogen-bond donors (Lipinski definition) is 0. The molecule has 0 atom stereocenters. The first-order chi connectivity index (χ1) is 8.16. The van der Waals surface area contributed by atoms with Gasteiger partial charge in [-0.1, -0.05) is 6.07 Å². The van der Waals surface area contributed by atoms with E-state index in [0.717, 1.165) is 0 Å². The molecule has 1 aromatic carbocycles. The largest absolute Gasteiger partial charge is 0.497 e. The molecule has 18 heavy (non-hydrogen) atoms. The summed E-state index contributed by atoms with van der Waals surface area (Å²) in [5, 5.41) is 0. The first-order valence-corrected chi connectivity index (χ1v) is 5.81. The van der Waals surface area contributed by atoms with Gasteiger partial charge in [0, 0.05) is 11.0 Å². The maximum atomic E-state index is 14.0. The van der Waals surface area contributed by atoms with Gasteiger partial charge in [0.1, 0.15) is 11.6 Å². The lowest BCUT2D eigenvalue weighted by atomic mass is 9.78. The van der Waals surface area contributed by atoms with E-state index in [1.54, 1.807) is 0 Å². The van der Waals surface area contributed by atoms with Crippen LogP contribution in [-0.4, -0.2) is 18.3 Å². The molecule has 5 heteroatoms. The molecule has 1 radical (unpaired) electrons. The van der Waals surface area contributed by atoms with Crippen LogP contribution in [0.15, 0.2) is 12.1 Å². The van der Waals surface area contributed by atoms with E-state index in [0.29, 0.717) is 0 Å². The molecule has 0 amide bonds. The van der Waals surface area contributed by atoms with Gasteiger partial charge in [-0.15, -0.1) is 0 Å². The van der Waals surface area contributed by atoms with Crippen LogP contribution in [0.3, 0.4) is 0 Å². The molecule has 1 heterocycles. The van der Waals surface area contributed by atoms with Crippen molar-refractivity contribution in [3.63, 3.8) is 0 Å². The molecular formula is C13H16BF2O2. The summed E-state index contributed by atoms with van der Waals surface area (Å²) in [7, 11) is -0.837. The lowest BCUT2D eigenvalue weighted by molar-refractivity contribution is 0.00578. The van der Waals surface area contributed by atoms with Crippen molar-refractivity contribution in [2.45, 2.75) is 38.9 Å². The molecule has 1 aromatic rings. The van der Waals surface area contributed by atoms with Crippen LogP contribution in [0, 0.1) is 18.6 Å². The summed E-state index contributed by atoms with van der Waals surface area (Å²) < 4.78 is 38.5. The predicted molar refractivity (Wildman–Crippen MR) is 66.5 cm³/mol. The monoisotopic (exact) mass is 253 g/mol. The SMILES string of the molecule is [CH2]c1c(F)ccc(B2OC(C)(C)C(C)(C)O2)c1F. The van der Waals surface area contributed by atoms with Crippen LogP contribution in [0.25, 0.3) is 0 Å². The minimum Gasteiger partial charge on any atom is -0.399 e. The molecule has 0 bridgehead atoms. The Morgan fingerprint density at radius 2 is 1.56 bits per heavy atom. The first kappa shape index (κ1) is 13.5. The normalized spacial score (nSPS) is 21.4. The van der Waals surface area contributed by atoms with Gasteiger partial charge in [0.2, 0.25) is 0 Å². The lowest BCUT2D eigenvalue weighted by Crippen LogP contribution is -2.41. The van der Waals surface area contributed by atoms with Crippen molar-refractivity contribution in [1.29, 1.82) is 0 Å². The Bertz CT molecular complexity index is 470. The zero-order valence-corrected chi connectivity index (χ0v) is 11.0. The molecule has 0 saturated carbocycles. The van der Waals surface area contributed by atoms with Gasteiger partial charge in [-0.25, -0.2) is 8.78 Å². The highest BCUT2D eigenvalue weighted by Crippen LogP contribution is 2.36. The van der Waals surface area contributed by atoms with Gasteiger partial charge in [0.25, 0.3) is 0 Å². The highest BCUT2D eigenvalue weighted by molar-refractivity contribution is 6.62. The average molecular weight is 253 g/mol. The summed E-state index contributed by atoms with van der Waals surface area (Å²) in [5.41, 5.74) is -1.19. The minimum absolute atomic E-state index is 0.181. The smallest absolute Gasteiger partial charge is 0.399 e. The highest BCUT2D eigenvalue weighted by atomic mass is 19.1. The number of hydrogen-bond acceptors (Lipinski definition) is 2. The van der Waals surface area contributed by atoms with Crippen LogP contribution in [0.5, 0.6) is 0 Å². The van der Waals surface area contributed by atoms with Crippen molar-refractivity contribution in [2.75, 3.05) is 0 Å². The Balaban J connectivity index is 2.39. The van der Waals surface area contributed by atoms with Crippen LogP contribution >= 0.6 is 0 Å². The van der Waals surface area contributed by atoms with Crippen LogP contribution in [0.2, 0.25) is 0 Å². The number of halogens is 2. The van der Waals surface area contributed by atoms with Crippen LogP contribution in [0.1, 0.15) is 33.3 Å². The van der Waals surface area contributed by atoms with Gasteiger partial charge in [0.15, 0.2) is 0 Å². The van der Waals surface area contributed by atoms with Crippen LogP contribution in [0.4, 0.5) is 8.78 Å². The van der Waals surface area contributed by atoms with E-state index in [9.17, 15) is 8.78 Å². The van der Waals surface area contributed by atoms with E-state index in [2.05, 4.69) is 6.92 Å². The molecule has 1 aliphatic heterocycles. The minimum atomic E-state index is -0.837. The summed E-state index contributed by atoms with van der Waals surface area (Å²) in [5.74, 6) is -1.39. The average Bonchev–Trinajstić information content (AvgIpc) is 2.45. The summed E-state index contributed by atoms with van der Waals surface area (Å²) in [4.78, 5) is 0. The van der Waals surface area contributed by atoms with Crippen molar-refractivity contribution in [1.82, 2.24) is 0 Å². The third-order valence-corrected chi connectivity index (χ3v) is 3.72. The lowest BCUT2D eigenvalue weighted by Gasteiger charge is -2.32. The van der Waals surface area contributed by atoms with E-state index in [4.69, 9.17) is 9.31 Å². The van der Waals surface area contributed by atoms with E-state index >= 15 is 0 Å². The Kier molecular flexibility index (Phi) is 3.02. The topological polar surface area (TPSA) is 18.5 Å². The maximum Gasteiger partial charge on any atom is 0.497 e. The number of benzene rings is 1. The maximum absolute atomic E-state index is 14.0. The number of rotatable bonds is 1. The zero-order chi connectivity index (χ0) is 13.7. The third kappa shape index (κ3) is 1.95. The molecule has 0 aromatic heterocycles. The van der Waals surface area contributed by atoms with Crippen LogP contribution in [-0.2, 0) is 9.31 Å². The van der Waals surface area contributed by atoms with E-state index in [1.165, 1.54) is 12.1 Å². The summed E-state index contributed by atoms with van der Waals surface area (Å²) in [6.45, 7) is 10.9. The molecule has 1 saturated heterocycles. The second kappa shape index (κ2) is 4.03. The molecule has 2 nitrogen and oxygen atoms in total. The highest BCUT2D eigenvalue weighted by Gasteiger charge is 2.52. The van der Waals surface area contributed by atoms with Crippen molar-refractivity contribution in [3.05, 3.63) is 36.3 Å². The van der Waals surface area contributed by atoms with Gasteiger partial charge < -0.3 is 9.31 Å². The molecule has 1 fully saturated rings. The Morgan fingerprint density at radius 3 is 2.06 bits per heavy atom. The fourth-order valence-electron chi connectivity index (χ4n) is 1.77. The molecule has 0 unspecified atom stereocenters. The summed E-state index contributed by atoms with van der Waals surface area (Å²) in [6.07, 6.45) is 0. The molecule has 0 spiro atoms.